The molecule has 0 bridgehead atoms. The van der Waals surface area contributed by atoms with E-state index in [1.807, 2.05) is 6.92 Å². The lowest BCUT2D eigenvalue weighted by Crippen LogP contribution is -2.42. The summed E-state index contributed by atoms with van der Waals surface area (Å²) in [5.74, 6) is 0.336. The normalized spacial score (nSPS) is 23.7. The Balaban J connectivity index is 2.21. The van der Waals surface area contributed by atoms with Gasteiger partial charge >= 0.3 is 5.69 Å². The van der Waals surface area contributed by atoms with Crippen LogP contribution in [-0.4, -0.2) is 22.0 Å². The highest BCUT2D eigenvalue weighted by atomic mass is 16.6. The lowest BCUT2D eigenvalue weighted by Gasteiger charge is -2.29. The zero-order chi connectivity index (χ0) is 13.1. The summed E-state index contributed by atoms with van der Waals surface area (Å²) in [5.41, 5.74) is 6.80. The predicted molar refractivity (Wildman–Crippen MR) is 69.5 cm³/mol. The molecule has 2 atom stereocenters. The smallest absolute Gasteiger partial charge is 0.311 e. The first-order chi connectivity index (χ1) is 8.58. The number of nitrogens with two attached hydrogens (primary N) is 1. The first kappa shape index (κ1) is 12.8. The van der Waals surface area contributed by atoms with Crippen LogP contribution < -0.4 is 11.1 Å². The second-order valence-corrected chi connectivity index (χ2v) is 4.78. The van der Waals surface area contributed by atoms with Gasteiger partial charge in [0, 0.05) is 23.8 Å². The topological polar surface area (TPSA) is 94.1 Å². The van der Waals surface area contributed by atoms with Gasteiger partial charge in [-0.1, -0.05) is 12.8 Å². The third-order valence-corrected chi connectivity index (χ3v) is 3.35. The van der Waals surface area contributed by atoms with E-state index in [1.165, 1.54) is 6.07 Å². The molecule has 6 heteroatoms. The molecule has 0 spiro atoms. The SMILES string of the molecule is Cc1ccc([N+](=O)[O-])c(NC2CCCCC2N)n1. The van der Waals surface area contributed by atoms with Gasteiger partial charge in [0.2, 0.25) is 5.82 Å². The molecule has 1 aromatic heterocycles. The number of pyridine rings is 1. The van der Waals surface area contributed by atoms with Gasteiger partial charge in [0.15, 0.2) is 0 Å². The van der Waals surface area contributed by atoms with Crippen molar-refractivity contribution in [2.24, 2.45) is 5.73 Å². The number of hydrogen-bond donors (Lipinski definition) is 2. The fourth-order valence-corrected chi connectivity index (χ4v) is 2.32. The number of rotatable bonds is 3. The summed E-state index contributed by atoms with van der Waals surface area (Å²) in [7, 11) is 0. The minimum atomic E-state index is -0.414. The minimum absolute atomic E-state index is 0.0124. The van der Waals surface area contributed by atoms with E-state index >= 15 is 0 Å². The molecule has 98 valence electrons. The second-order valence-electron chi connectivity index (χ2n) is 4.78. The van der Waals surface area contributed by atoms with Gasteiger partial charge in [0.05, 0.1) is 4.92 Å². The van der Waals surface area contributed by atoms with E-state index in [2.05, 4.69) is 10.3 Å². The molecule has 0 saturated heterocycles. The highest BCUT2D eigenvalue weighted by molar-refractivity contribution is 5.56. The van der Waals surface area contributed by atoms with Gasteiger partial charge in [-0.2, -0.15) is 0 Å². The molecule has 1 aliphatic rings. The summed E-state index contributed by atoms with van der Waals surface area (Å²) in [4.78, 5) is 14.8. The van der Waals surface area contributed by atoms with Crippen LogP contribution in [0.25, 0.3) is 0 Å². The summed E-state index contributed by atoms with van der Waals surface area (Å²) in [5, 5.41) is 14.1. The van der Waals surface area contributed by atoms with Gasteiger partial charge in [-0.05, 0) is 25.8 Å². The second kappa shape index (κ2) is 5.30. The molecule has 0 aliphatic heterocycles. The average Bonchev–Trinajstić information content (AvgIpc) is 2.32. The third kappa shape index (κ3) is 2.76. The van der Waals surface area contributed by atoms with Crippen molar-refractivity contribution in [2.45, 2.75) is 44.7 Å². The predicted octanol–water partition coefficient (Wildman–Crippen LogP) is 1.98. The quantitative estimate of drug-likeness (QED) is 0.632. The van der Waals surface area contributed by atoms with Gasteiger partial charge in [-0.25, -0.2) is 4.98 Å². The average molecular weight is 250 g/mol. The molecule has 1 heterocycles. The Bertz CT molecular complexity index is 450. The lowest BCUT2D eigenvalue weighted by atomic mass is 9.91. The highest BCUT2D eigenvalue weighted by Gasteiger charge is 2.25. The molecule has 1 fully saturated rings. The van der Waals surface area contributed by atoms with Crippen LogP contribution in [0.4, 0.5) is 11.5 Å². The van der Waals surface area contributed by atoms with Crippen LogP contribution in [0.15, 0.2) is 12.1 Å². The van der Waals surface area contributed by atoms with Crippen molar-refractivity contribution in [3.8, 4) is 0 Å². The van der Waals surface area contributed by atoms with Crippen LogP contribution in [0.3, 0.4) is 0 Å². The molecule has 1 saturated carbocycles. The number of hydrogen-bond acceptors (Lipinski definition) is 5. The largest absolute Gasteiger partial charge is 0.360 e. The van der Waals surface area contributed by atoms with Crippen LogP contribution >= 0.6 is 0 Å². The number of anilines is 1. The Morgan fingerprint density at radius 2 is 2.17 bits per heavy atom. The van der Waals surface area contributed by atoms with Gasteiger partial charge in [0.1, 0.15) is 0 Å². The molecule has 0 radical (unpaired) electrons. The van der Waals surface area contributed by atoms with Gasteiger partial charge in [-0.3, -0.25) is 10.1 Å². The molecular weight excluding hydrogens is 232 g/mol. The highest BCUT2D eigenvalue weighted by Crippen LogP contribution is 2.26. The fraction of sp³-hybridized carbons (Fsp3) is 0.583. The Hall–Kier alpha value is -1.69. The van der Waals surface area contributed by atoms with Gasteiger partial charge in [-0.15, -0.1) is 0 Å². The fourth-order valence-electron chi connectivity index (χ4n) is 2.32. The summed E-state index contributed by atoms with van der Waals surface area (Å²) in [6.07, 6.45) is 4.12. The number of aryl methyl sites for hydroxylation is 1. The van der Waals surface area contributed by atoms with Crippen LogP contribution in [0, 0.1) is 17.0 Å². The molecule has 2 rings (SSSR count). The molecule has 2 unspecified atom stereocenters. The van der Waals surface area contributed by atoms with Crippen molar-refractivity contribution in [2.75, 3.05) is 5.32 Å². The first-order valence-corrected chi connectivity index (χ1v) is 6.22. The number of nitrogens with zero attached hydrogens (tertiary/aromatic N) is 2. The van der Waals surface area contributed by atoms with E-state index in [4.69, 9.17) is 5.73 Å². The summed E-state index contributed by atoms with van der Waals surface area (Å²) >= 11 is 0. The van der Waals surface area contributed by atoms with Crippen LogP contribution in [0.1, 0.15) is 31.4 Å². The molecule has 1 aromatic rings. The van der Waals surface area contributed by atoms with E-state index in [0.29, 0.717) is 5.82 Å². The molecule has 0 amide bonds. The zero-order valence-corrected chi connectivity index (χ0v) is 10.4. The molecule has 3 N–H and O–H groups in total. The minimum Gasteiger partial charge on any atom is -0.360 e. The molecule has 18 heavy (non-hydrogen) atoms. The maximum absolute atomic E-state index is 11.0. The monoisotopic (exact) mass is 250 g/mol. The van der Waals surface area contributed by atoms with Crippen molar-refractivity contribution >= 4 is 11.5 Å². The van der Waals surface area contributed by atoms with E-state index in [9.17, 15) is 10.1 Å². The Morgan fingerprint density at radius 1 is 1.44 bits per heavy atom. The maximum atomic E-state index is 11.0. The Labute approximate surface area is 106 Å². The van der Waals surface area contributed by atoms with Crippen LogP contribution in [-0.2, 0) is 0 Å². The van der Waals surface area contributed by atoms with Gasteiger partial charge < -0.3 is 11.1 Å². The van der Waals surface area contributed by atoms with Crippen LogP contribution in [0.2, 0.25) is 0 Å². The van der Waals surface area contributed by atoms with Crippen molar-refractivity contribution in [1.82, 2.24) is 4.98 Å². The van der Waals surface area contributed by atoms with Crippen molar-refractivity contribution < 1.29 is 4.92 Å². The van der Waals surface area contributed by atoms with Crippen molar-refractivity contribution in [3.63, 3.8) is 0 Å². The lowest BCUT2D eigenvalue weighted by molar-refractivity contribution is -0.384. The number of aromatic nitrogens is 1. The Morgan fingerprint density at radius 3 is 2.83 bits per heavy atom. The Kier molecular flexibility index (Phi) is 3.76. The van der Waals surface area contributed by atoms with E-state index in [0.717, 1.165) is 31.4 Å². The van der Waals surface area contributed by atoms with Gasteiger partial charge in [0.25, 0.3) is 0 Å². The summed E-state index contributed by atoms with van der Waals surface area (Å²) < 4.78 is 0. The first-order valence-electron chi connectivity index (χ1n) is 6.22. The van der Waals surface area contributed by atoms with E-state index in [1.54, 1.807) is 6.07 Å². The molecule has 1 aliphatic carbocycles. The van der Waals surface area contributed by atoms with E-state index < -0.39 is 4.92 Å². The van der Waals surface area contributed by atoms with Crippen molar-refractivity contribution in [1.29, 1.82) is 0 Å². The molecular formula is C12H18N4O2. The number of nitrogens with one attached hydrogen (secondary N) is 1. The summed E-state index contributed by atoms with van der Waals surface area (Å²) in [6, 6.07) is 3.25. The maximum Gasteiger partial charge on any atom is 0.311 e. The van der Waals surface area contributed by atoms with E-state index in [-0.39, 0.29) is 17.8 Å². The zero-order valence-electron chi connectivity index (χ0n) is 10.4. The van der Waals surface area contributed by atoms with Crippen molar-refractivity contribution in [3.05, 3.63) is 27.9 Å². The van der Waals surface area contributed by atoms with Crippen LogP contribution in [0.5, 0.6) is 0 Å². The molecule has 0 aromatic carbocycles. The molecule has 6 nitrogen and oxygen atoms in total. The third-order valence-electron chi connectivity index (χ3n) is 3.35. The number of nitro groups is 1. The summed E-state index contributed by atoms with van der Waals surface area (Å²) in [6.45, 7) is 1.82. The standard InChI is InChI=1S/C12H18N4O2/c1-8-6-7-11(16(17)18)12(14-8)15-10-5-3-2-4-9(10)13/h6-7,9-10H,2-5,13H2,1H3,(H,14,15).